The molecule has 0 saturated heterocycles. The van der Waals surface area contributed by atoms with Crippen molar-refractivity contribution in [2.24, 2.45) is 0 Å². The zero-order chi connectivity index (χ0) is 9.68. The molecule has 3 heteroatoms. The molecular formula is C10H11ClN2. The Morgan fingerprint density at radius 2 is 2.31 bits per heavy atom. The number of pyridine rings is 1. The molecule has 0 aliphatic carbocycles. The van der Waals surface area contributed by atoms with E-state index in [1.165, 1.54) is 0 Å². The normalized spacial score (nSPS) is 9.08. The molecule has 0 fully saturated rings. The lowest BCUT2D eigenvalue weighted by molar-refractivity contribution is 1.18. The third-order valence-electron chi connectivity index (χ3n) is 1.49. The van der Waals surface area contributed by atoms with Crippen molar-refractivity contribution in [2.45, 2.75) is 13.3 Å². The first-order valence-corrected chi connectivity index (χ1v) is 4.55. The molecule has 0 unspecified atom stereocenters. The second kappa shape index (κ2) is 4.74. The first kappa shape index (κ1) is 9.88. The predicted molar refractivity (Wildman–Crippen MR) is 55.6 cm³/mol. The maximum atomic E-state index is 5.67. The van der Waals surface area contributed by atoms with Gasteiger partial charge in [-0.05, 0) is 25.0 Å². The predicted octanol–water partition coefficient (Wildman–Crippen LogP) is 1.95. The van der Waals surface area contributed by atoms with E-state index in [0.717, 1.165) is 5.69 Å². The highest BCUT2D eigenvalue weighted by Gasteiger charge is 1.95. The lowest BCUT2D eigenvalue weighted by atomic mass is 10.2. The van der Waals surface area contributed by atoms with Crippen LogP contribution in [-0.4, -0.2) is 10.9 Å². The van der Waals surface area contributed by atoms with E-state index in [9.17, 15) is 0 Å². The number of nitrogens with zero attached hydrogens (tertiary/aromatic N) is 1. The van der Waals surface area contributed by atoms with Crippen LogP contribution in [0.15, 0.2) is 12.1 Å². The van der Waals surface area contributed by atoms with E-state index >= 15 is 0 Å². The number of rotatable bonds is 1. The van der Waals surface area contributed by atoms with Gasteiger partial charge in [0.15, 0.2) is 0 Å². The Labute approximate surface area is 83.1 Å². The highest BCUT2D eigenvalue weighted by atomic mass is 35.5. The Balaban J connectivity index is 2.89. The molecule has 1 heterocycles. The first-order chi connectivity index (χ1) is 6.24. The molecule has 0 aliphatic heterocycles. The lowest BCUT2D eigenvalue weighted by Crippen LogP contribution is -1.94. The molecule has 0 radical (unpaired) electrons. The second-order valence-corrected chi connectivity index (χ2v) is 3.01. The van der Waals surface area contributed by atoms with E-state index in [1.807, 2.05) is 19.1 Å². The van der Waals surface area contributed by atoms with Crippen LogP contribution in [-0.2, 0) is 0 Å². The number of nitrogens with two attached hydrogens (primary N) is 1. The minimum atomic E-state index is 0.540. The number of aromatic nitrogens is 1. The van der Waals surface area contributed by atoms with Crippen molar-refractivity contribution in [3.63, 3.8) is 0 Å². The van der Waals surface area contributed by atoms with E-state index in [-0.39, 0.29) is 0 Å². The van der Waals surface area contributed by atoms with Gasteiger partial charge in [0.05, 0.1) is 5.69 Å². The van der Waals surface area contributed by atoms with Crippen molar-refractivity contribution < 1.29 is 0 Å². The molecule has 0 aliphatic rings. The van der Waals surface area contributed by atoms with Gasteiger partial charge in [-0.2, -0.15) is 0 Å². The van der Waals surface area contributed by atoms with Gasteiger partial charge in [0.2, 0.25) is 0 Å². The van der Waals surface area contributed by atoms with Crippen LogP contribution >= 0.6 is 11.6 Å². The van der Waals surface area contributed by atoms with Crippen molar-refractivity contribution in [2.75, 3.05) is 11.6 Å². The molecule has 0 saturated carbocycles. The van der Waals surface area contributed by atoms with E-state index < -0.39 is 0 Å². The van der Waals surface area contributed by atoms with Gasteiger partial charge in [-0.3, -0.25) is 0 Å². The van der Waals surface area contributed by atoms with Crippen LogP contribution in [0.3, 0.4) is 0 Å². The largest absolute Gasteiger partial charge is 0.396 e. The summed E-state index contributed by atoms with van der Waals surface area (Å²) in [6, 6.07) is 3.68. The van der Waals surface area contributed by atoms with Gasteiger partial charge >= 0.3 is 0 Å². The number of nitrogen functional groups attached to an aromatic ring is 1. The number of halogens is 1. The van der Waals surface area contributed by atoms with Crippen LogP contribution in [0.4, 0.5) is 5.69 Å². The van der Waals surface area contributed by atoms with Crippen LogP contribution in [0, 0.1) is 18.8 Å². The highest BCUT2D eigenvalue weighted by Crippen LogP contribution is 2.07. The van der Waals surface area contributed by atoms with Crippen LogP contribution < -0.4 is 5.73 Å². The van der Waals surface area contributed by atoms with E-state index in [0.29, 0.717) is 23.7 Å². The highest BCUT2D eigenvalue weighted by molar-refractivity contribution is 6.18. The zero-order valence-corrected chi connectivity index (χ0v) is 8.23. The average molecular weight is 195 g/mol. The molecule has 0 amide bonds. The lowest BCUT2D eigenvalue weighted by Gasteiger charge is -1.97. The smallest absolute Gasteiger partial charge is 0.136 e. The molecule has 0 atom stereocenters. The molecule has 13 heavy (non-hydrogen) atoms. The summed E-state index contributed by atoms with van der Waals surface area (Å²) in [4.78, 5) is 4.20. The van der Waals surface area contributed by atoms with E-state index in [4.69, 9.17) is 17.3 Å². The molecule has 1 aromatic heterocycles. The van der Waals surface area contributed by atoms with Crippen LogP contribution in [0.25, 0.3) is 0 Å². The minimum Gasteiger partial charge on any atom is -0.396 e. The summed E-state index contributed by atoms with van der Waals surface area (Å²) in [6.45, 7) is 1.91. The SMILES string of the molecule is Cc1ccc(N)c(C#CCCCl)n1. The van der Waals surface area contributed by atoms with Gasteiger partial charge in [0, 0.05) is 18.0 Å². The molecule has 1 rings (SSSR count). The summed E-state index contributed by atoms with van der Waals surface area (Å²) in [5.41, 5.74) is 7.86. The standard InChI is InChI=1S/C10H11ClN2/c1-8-5-6-9(12)10(13-8)4-2-3-7-11/h5-6H,3,7,12H2,1H3. The minimum absolute atomic E-state index is 0.540. The van der Waals surface area contributed by atoms with Crippen LogP contribution in [0.2, 0.25) is 0 Å². The summed E-state index contributed by atoms with van der Waals surface area (Å²) in [5, 5.41) is 0. The van der Waals surface area contributed by atoms with Crippen LogP contribution in [0.5, 0.6) is 0 Å². The third-order valence-corrected chi connectivity index (χ3v) is 1.68. The monoisotopic (exact) mass is 194 g/mol. The summed E-state index contributed by atoms with van der Waals surface area (Å²) in [5.74, 6) is 6.32. The Bertz CT molecular complexity index is 350. The summed E-state index contributed by atoms with van der Waals surface area (Å²) >= 11 is 5.48. The van der Waals surface area contributed by atoms with Crippen molar-refractivity contribution >= 4 is 17.3 Å². The average Bonchev–Trinajstić information content (AvgIpc) is 2.11. The molecule has 0 aromatic carbocycles. The molecule has 0 bridgehead atoms. The van der Waals surface area contributed by atoms with Gasteiger partial charge < -0.3 is 5.73 Å². The Morgan fingerprint density at radius 1 is 1.54 bits per heavy atom. The molecule has 2 N–H and O–H groups in total. The number of alkyl halides is 1. The molecule has 0 spiro atoms. The van der Waals surface area contributed by atoms with E-state index in [1.54, 1.807) is 0 Å². The molecule has 1 aromatic rings. The van der Waals surface area contributed by atoms with Crippen molar-refractivity contribution in [3.8, 4) is 11.8 Å². The fourth-order valence-electron chi connectivity index (χ4n) is 0.861. The van der Waals surface area contributed by atoms with Gasteiger partial charge in [-0.15, -0.1) is 11.6 Å². The van der Waals surface area contributed by atoms with Gasteiger partial charge in [0.25, 0.3) is 0 Å². The quantitative estimate of drug-likeness (QED) is 0.548. The first-order valence-electron chi connectivity index (χ1n) is 4.02. The number of hydrogen-bond acceptors (Lipinski definition) is 2. The fraction of sp³-hybridized carbons (Fsp3) is 0.300. The van der Waals surface area contributed by atoms with Crippen molar-refractivity contribution in [1.82, 2.24) is 4.98 Å². The van der Waals surface area contributed by atoms with Gasteiger partial charge in [0.1, 0.15) is 5.69 Å². The van der Waals surface area contributed by atoms with Gasteiger partial charge in [-0.1, -0.05) is 5.92 Å². The fourth-order valence-corrected chi connectivity index (χ4v) is 0.956. The van der Waals surface area contributed by atoms with Crippen molar-refractivity contribution in [3.05, 3.63) is 23.5 Å². The summed E-state index contributed by atoms with van der Waals surface area (Å²) < 4.78 is 0. The summed E-state index contributed by atoms with van der Waals surface area (Å²) in [7, 11) is 0. The maximum absolute atomic E-state index is 5.67. The Kier molecular flexibility index (Phi) is 3.60. The van der Waals surface area contributed by atoms with Crippen molar-refractivity contribution in [1.29, 1.82) is 0 Å². The topological polar surface area (TPSA) is 38.9 Å². The van der Waals surface area contributed by atoms with Crippen LogP contribution in [0.1, 0.15) is 17.8 Å². The van der Waals surface area contributed by atoms with Gasteiger partial charge in [-0.25, -0.2) is 4.98 Å². The molecule has 68 valence electrons. The maximum Gasteiger partial charge on any atom is 0.136 e. The second-order valence-electron chi connectivity index (χ2n) is 2.63. The summed E-state index contributed by atoms with van der Waals surface area (Å²) in [6.07, 6.45) is 0.663. The number of hydrogen-bond donors (Lipinski definition) is 1. The third kappa shape index (κ3) is 2.96. The molecular weight excluding hydrogens is 184 g/mol. The Morgan fingerprint density at radius 3 is 3.00 bits per heavy atom. The number of anilines is 1. The molecule has 2 nitrogen and oxygen atoms in total. The zero-order valence-electron chi connectivity index (χ0n) is 7.47. The number of aryl methyl sites for hydroxylation is 1. The Hall–Kier alpha value is -1.20. The van der Waals surface area contributed by atoms with E-state index in [2.05, 4.69) is 16.8 Å².